The van der Waals surface area contributed by atoms with Crippen LogP contribution in [-0.4, -0.2) is 35.2 Å². The van der Waals surface area contributed by atoms with E-state index in [1.54, 1.807) is 6.07 Å². The summed E-state index contributed by atoms with van der Waals surface area (Å²) in [5.74, 6) is 0.163. The molecule has 25 heavy (non-hydrogen) atoms. The van der Waals surface area contributed by atoms with E-state index in [1.807, 2.05) is 25.1 Å². The molecule has 0 bridgehead atoms. The van der Waals surface area contributed by atoms with Gasteiger partial charge in [-0.25, -0.2) is 0 Å². The van der Waals surface area contributed by atoms with Gasteiger partial charge in [0.1, 0.15) is 18.5 Å². The van der Waals surface area contributed by atoms with Crippen LogP contribution in [-0.2, 0) is 0 Å². The number of hydrogen-bond donors (Lipinski definition) is 2. The SMILES string of the molecule is Cc1cccc(OC[C@@H](O)CNC(=O)c2cccc([N+](=O)[O-])c2C)c1. The summed E-state index contributed by atoms with van der Waals surface area (Å²) in [7, 11) is 0. The Bertz CT molecular complexity index is 776. The van der Waals surface area contributed by atoms with Crippen molar-refractivity contribution in [1.82, 2.24) is 5.32 Å². The van der Waals surface area contributed by atoms with Gasteiger partial charge in [-0.1, -0.05) is 18.2 Å². The number of benzene rings is 2. The van der Waals surface area contributed by atoms with E-state index in [9.17, 15) is 20.0 Å². The fourth-order valence-electron chi connectivity index (χ4n) is 2.33. The second kappa shape index (κ2) is 8.25. The number of hydrogen-bond acceptors (Lipinski definition) is 5. The zero-order valence-electron chi connectivity index (χ0n) is 14.1. The molecule has 7 heteroatoms. The summed E-state index contributed by atoms with van der Waals surface area (Å²) in [5, 5.41) is 23.4. The molecular formula is C18H20N2O5. The van der Waals surface area contributed by atoms with Crippen molar-refractivity contribution < 1.29 is 19.6 Å². The average Bonchev–Trinajstić information content (AvgIpc) is 2.58. The van der Waals surface area contributed by atoms with Crippen LogP contribution in [0, 0.1) is 24.0 Å². The van der Waals surface area contributed by atoms with Crippen molar-refractivity contribution in [2.45, 2.75) is 20.0 Å². The molecule has 0 aliphatic heterocycles. The number of aliphatic hydroxyl groups is 1. The first kappa shape index (κ1) is 18.4. The van der Waals surface area contributed by atoms with Gasteiger partial charge in [-0.15, -0.1) is 0 Å². The molecule has 0 heterocycles. The number of carbonyl (C=O) groups is 1. The van der Waals surface area contributed by atoms with Crippen molar-refractivity contribution in [3.63, 3.8) is 0 Å². The predicted molar refractivity (Wildman–Crippen MR) is 92.8 cm³/mol. The lowest BCUT2D eigenvalue weighted by Crippen LogP contribution is -2.35. The highest BCUT2D eigenvalue weighted by Gasteiger charge is 2.18. The normalized spacial score (nSPS) is 11.6. The second-order valence-corrected chi connectivity index (χ2v) is 5.70. The molecule has 0 aliphatic rings. The molecule has 2 N–H and O–H groups in total. The van der Waals surface area contributed by atoms with E-state index in [0.29, 0.717) is 5.75 Å². The molecule has 0 saturated carbocycles. The van der Waals surface area contributed by atoms with Gasteiger partial charge in [0, 0.05) is 23.7 Å². The summed E-state index contributed by atoms with van der Waals surface area (Å²) in [6.07, 6.45) is -0.900. The van der Waals surface area contributed by atoms with Crippen molar-refractivity contribution in [2.24, 2.45) is 0 Å². The van der Waals surface area contributed by atoms with Crippen LogP contribution in [0.15, 0.2) is 42.5 Å². The van der Waals surface area contributed by atoms with E-state index < -0.39 is 16.9 Å². The Morgan fingerprint density at radius 1 is 1.28 bits per heavy atom. The van der Waals surface area contributed by atoms with E-state index in [1.165, 1.54) is 25.1 Å². The summed E-state index contributed by atoms with van der Waals surface area (Å²) in [5.41, 5.74) is 1.42. The Morgan fingerprint density at radius 3 is 2.68 bits per heavy atom. The molecular weight excluding hydrogens is 324 g/mol. The van der Waals surface area contributed by atoms with Crippen LogP contribution in [0.2, 0.25) is 0 Å². The van der Waals surface area contributed by atoms with Gasteiger partial charge in [-0.3, -0.25) is 14.9 Å². The first-order chi connectivity index (χ1) is 11.9. The smallest absolute Gasteiger partial charge is 0.273 e. The maximum Gasteiger partial charge on any atom is 0.273 e. The highest BCUT2D eigenvalue weighted by atomic mass is 16.6. The third-order valence-electron chi connectivity index (χ3n) is 3.68. The monoisotopic (exact) mass is 344 g/mol. The molecule has 0 fully saturated rings. The number of nitro benzene ring substituents is 1. The topological polar surface area (TPSA) is 102 Å². The Labute approximate surface area is 145 Å². The third kappa shape index (κ3) is 5.02. The lowest BCUT2D eigenvalue weighted by molar-refractivity contribution is -0.385. The highest BCUT2D eigenvalue weighted by Crippen LogP contribution is 2.20. The molecule has 0 saturated heterocycles. The predicted octanol–water partition coefficient (Wildman–Crippen LogP) is 2.38. The Hall–Kier alpha value is -2.93. The van der Waals surface area contributed by atoms with Crippen LogP contribution in [0.1, 0.15) is 21.5 Å². The molecule has 1 atom stereocenters. The third-order valence-corrected chi connectivity index (χ3v) is 3.68. The van der Waals surface area contributed by atoms with Crippen LogP contribution >= 0.6 is 0 Å². The summed E-state index contributed by atoms with van der Waals surface area (Å²) < 4.78 is 5.47. The van der Waals surface area contributed by atoms with E-state index in [0.717, 1.165) is 5.56 Å². The van der Waals surface area contributed by atoms with Crippen LogP contribution in [0.25, 0.3) is 0 Å². The van der Waals surface area contributed by atoms with Crippen molar-refractivity contribution in [3.05, 3.63) is 69.3 Å². The lowest BCUT2D eigenvalue weighted by Gasteiger charge is -2.14. The largest absolute Gasteiger partial charge is 0.491 e. The van der Waals surface area contributed by atoms with Gasteiger partial charge >= 0.3 is 0 Å². The molecule has 0 aromatic heterocycles. The number of nitrogens with one attached hydrogen (secondary N) is 1. The van der Waals surface area contributed by atoms with Gasteiger partial charge in [-0.05, 0) is 37.6 Å². The number of nitro groups is 1. The van der Waals surface area contributed by atoms with Gasteiger partial charge in [0.25, 0.3) is 11.6 Å². The molecule has 2 rings (SSSR count). The summed E-state index contributed by atoms with van der Waals surface area (Å²) >= 11 is 0. The van der Waals surface area contributed by atoms with Gasteiger partial charge in [0.05, 0.1) is 4.92 Å². The van der Waals surface area contributed by atoms with E-state index in [4.69, 9.17) is 4.74 Å². The van der Waals surface area contributed by atoms with Gasteiger partial charge in [-0.2, -0.15) is 0 Å². The van der Waals surface area contributed by atoms with Crippen molar-refractivity contribution >= 4 is 11.6 Å². The van der Waals surface area contributed by atoms with Gasteiger partial charge in [0.15, 0.2) is 0 Å². The lowest BCUT2D eigenvalue weighted by atomic mass is 10.1. The Kier molecular flexibility index (Phi) is 6.08. The molecule has 7 nitrogen and oxygen atoms in total. The number of aliphatic hydroxyl groups excluding tert-OH is 1. The maximum atomic E-state index is 12.2. The molecule has 2 aromatic rings. The number of nitrogens with zero attached hydrogens (tertiary/aromatic N) is 1. The standard InChI is InChI=1S/C18H20N2O5/c1-12-5-3-6-15(9-12)25-11-14(21)10-19-18(22)16-7-4-8-17(13(16)2)20(23)24/h3-9,14,21H,10-11H2,1-2H3,(H,19,22)/t14-/m0/s1. The summed E-state index contributed by atoms with van der Waals surface area (Å²) in [4.78, 5) is 22.6. The van der Waals surface area contributed by atoms with Crippen LogP contribution < -0.4 is 10.1 Å². The molecule has 0 radical (unpaired) electrons. The number of rotatable bonds is 7. The van der Waals surface area contributed by atoms with Crippen LogP contribution in [0.4, 0.5) is 5.69 Å². The van der Waals surface area contributed by atoms with Crippen LogP contribution in [0.5, 0.6) is 5.75 Å². The minimum absolute atomic E-state index is 0.0211. The number of carbonyl (C=O) groups excluding carboxylic acids is 1. The minimum Gasteiger partial charge on any atom is -0.491 e. The zero-order chi connectivity index (χ0) is 18.4. The van der Waals surface area contributed by atoms with Crippen molar-refractivity contribution in [1.29, 1.82) is 0 Å². The molecule has 0 unspecified atom stereocenters. The molecule has 2 aromatic carbocycles. The molecule has 132 valence electrons. The molecule has 0 aliphatic carbocycles. The summed E-state index contributed by atoms with van der Waals surface area (Å²) in [6.45, 7) is 3.46. The quantitative estimate of drug-likeness (QED) is 0.593. The average molecular weight is 344 g/mol. The van der Waals surface area contributed by atoms with Gasteiger partial charge in [0.2, 0.25) is 0 Å². The number of amides is 1. The number of aryl methyl sites for hydroxylation is 1. The second-order valence-electron chi connectivity index (χ2n) is 5.70. The maximum absolute atomic E-state index is 12.2. The molecule has 0 spiro atoms. The van der Waals surface area contributed by atoms with Crippen LogP contribution in [0.3, 0.4) is 0 Å². The first-order valence-corrected chi connectivity index (χ1v) is 7.78. The fourth-order valence-corrected chi connectivity index (χ4v) is 2.33. The summed E-state index contributed by atoms with van der Waals surface area (Å²) in [6, 6.07) is 11.7. The first-order valence-electron chi connectivity index (χ1n) is 7.78. The number of ether oxygens (including phenoxy) is 1. The minimum atomic E-state index is -0.900. The van der Waals surface area contributed by atoms with E-state index in [2.05, 4.69) is 5.32 Å². The van der Waals surface area contributed by atoms with Gasteiger partial charge < -0.3 is 15.2 Å². The van der Waals surface area contributed by atoms with Crippen molar-refractivity contribution in [2.75, 3.05) is 13.2 Å². The van der Waals surface area contributed by atoms with Crippen molar-refractivity contribution in [3.8, 4) is 5.75 Å². The van der Waals surface area contributed by atoms with E-state index in [-0.39, 0.29) is 30.0 Å². The molecule has 1 amide bonds. The fraction of sp³-hybridized carbons (Fsp3) is 0.278. The zero-order valence-corrected chi connectivity index (χ0v) is 14.1. The highest BCUT2D eigenvalue weighted by molar-refractivity contribution is 5.96. The Morgan fingerprint density at radius 2 is 2.00 bits per heavy atom. The Balaban J connectivity index is 1.89. The van der Waals surface area contributed by atoms with E-state index >= 15 is 0 Å².